The molecule has 0 aliphatic carbocycles. The monoisotopic (exact) mass is 496 g/mol. The summed E-state index contributed by atoms with van der Waals surface area (Å²) in [5.41, 5.74) is 1.24. The van der Waals surface area contributed by atoms with Gasteiger partial charge in [0.05, 0.1) is 12.2 Å². The van der Waals surface area contributed by atoms with Crippen LogP contribution in [0.25, 0.3) is 0 Å². The van der Waals surface area contributed by atoms with Crippen LogP contribution in [0.2, 0.25) is 0 Å². The Hall–Kier alpha value is -3.55. The van der Waals surface area contributed by atoms with Gasteiger partial charge < -0.3 is 24.0 Å². The van der Waals surface area contributed by atoms with E-state index in [1.807, 2.05) is 36.1 Å². The molecule has 0 bridgehead atoms. The lowest BCUT2D eigenvalue weighted by molar-refractivity contribution is -0.139. The average Bonchev–Trinajstić information content (AvgIpc) is 2.87. The number of ether oxygens (including phenoxy) is 3. The minimum absolute atomic E-state index is 0.0361. The van der Waals surface area contributed by atoms with Crippen molar-refractivity contribution in [2.24, 2.45) is 0 Å². The van der Waals surface area contributed by atoms with Gasteiger partial charge in [0.15, 0.2) is 13.2 Å². The summed E-state index contributed by atoms with van der Waals surface area (Å²) in [5.74, 6) is 0.320. The Kier molecular flexibility index (Phi) is 9.73. The summed E-state index contributed by atoms with van der Waals surface area (Å²) in [4.78, 5) is 40.8. The molecule has 0 aromatic heterocycles. The third kappa shape index (κ3) is 7.47. The highest BCUT2D eigenvalue weighted by Gasteiger charge is 2.29. The molecule has 0 N–H and O–H groups in total. The molecule has 8 nitrogen and oxygen atoms in total. The minimum atomic E-state index is -0.601. The molecule has 0 radical (unpaired) electrons. The van der Waals surface area contributed by atoms with Gasteiger partial charge in [-0.25, -0.2) is 4.79 Å². The molecule has 2 atom stereocenters. The van der Waals surface area contributed by atoms with Crippen molar-refractivity contribution in [2.45, 2.75) is 58.7 Å². The van der Waals surface area contributed by atoms with Crippen molar-refractivity contribution in [3.63, 3.8) is 0 Å². The molecular weight excluding hydrogens is 460 g/mol. The summed E-state index contributed by atoms with van der Waals surface area (Å²) in [6.07, 6.45) is 3.15. The first-order chi connectivity index (χ1) is 17.3. The van der Waals surface area contributed by atoms with Crippen LogP contribution in [0.1, 0.15) is 56.0 Å². The summed E-state index contributed by atoms with van der Waals surface area (Å²) >= 11 is 0. The number of likely N-dealkylation sites (tertiary alicyclic amines) is 1. The maximum Gasteiger partial charge on any atom is 0.338 e. The molecule has 1 aliphatic rings. The third-order valence-electron chi connectivity index (χ3n) is 6.34. The van der Waals surface area contributed by atoms with Gasteiger partial charge in [-0.2, -0.15) is 0 Å². The average molecular weight is 497 g/mol. The van der Waals surface area contributed by atoms with E-state index in [1.54, 1.807) is 31.3 Å². The van der Waals surface area contributed by atoms with Crippen LogP contribution in [-0.4, -0.2) is 66.5 Å². The lowest BCUT2D eigenvalue weighted by atomic mass is 9.97. The molecule has 36 heavy (non-hydrogen) atoms. The highest BCUT2D eigenvalue weighted by Crippen LogP contribution is 2.23. The Bertz CT molecular complexity index is 1010. The topological polar surface area (TPSA) is 85.4 Å². The number of likely N-dealkylation sites (N-methyl/N-ethyl adjacent to an activating group) is 1. The van der Waals surface area contributed by atoms with Crippen LogP contribution in [0.15, 0.2) is 48.5 Å². The summed E-state index contributed by atoms with van der Waals surface area (Å²) in [6, 6.07) is 14.3. The second kappa shape index (κ2) is 13.0. The van der Waals surface area contributed by atoms with E-state index >= 15 is 0 Å². The SMILES string of the molecule is CCOc1ccc(CN(C)C(=O)COC(=O)c2ccc(OCC(=O)N3C(C)CCCC3C)cc2)cc1. The lowest BCUT2D eigenvalue weighted by Crippen LogP contribution is -2.49. The van der Waals surface area contributed by atoms with Gasteiger partial charge in [0.1, 0.15) is 11.5 Å². The molecule has 194 valence electrons. The maximum absolute atomic E-state index is 12.6. The Morgan fingerprint density at radius 2 is 1.47 bits per heavy atom. The largest absolute Gasteiger partial charge is 0.494 e. The first-order valence-corrected chi connectivity index (χ1v) is 12.4. The zero-order chi connectivity index (χ0) is 26.1. The van der Waals surface area contributed by atoms with E-state index in [0.29, 0.717) is 24.5 Å². The van der Waals surface area contributed by atoms with Gasteiger partial charge in [0.2, 0.25) is 0 Å². The van der Waals surface area contributed by atoms with Gasteiger partial charge in [0, 0.05) is 25.7 Å². The molecule has 2 amide bonds. The molecule has 1 fully saturated rings. The fraction of sp³-hybridized carbons (Fsp3) is 0.464. The predicted octanol–water partition coefficient (Wildman–Crippen LogP) is 4.07. The quantitative estimate of drug-likeness (QED) is 0.461. The predicted molar refractivity (Wildman–Crippen MR) is 136 cm³/mol. The summed E-state index contributed by atoms with van der Waals surface area (Å²) in [5, 5.41) is 0. The number of hydrogen-bond acceptors (Lipinski definition) is 6. The van der Waals surface area contributed by atoms with Crippen molar-refractivity contribution < 1.29 is 28.6 Å². The second-order valence-corrected chi connectivity index (χ2v) is 9.15. The summed E-state index contributed by atoms with van der Waals surface area (Å²) in [7, 11) is 1.66. The van der Waals surface area contributed by atoms with E-state index < -0.39 is 5.97 Å². The molecule has 8 heteroatoms. The third-order valence-corrected chi connectivity index (χ3v) is 6.34. The van der Waals surface area contributed by atoms with Crippen molar-refractivity contribution in [1.82, 2.24) is 9.80 Å². The van der Waals surface area contributed by atoms with E-state index in [2.05, 4.69) is 13.8 Å². The number of carbonyl (C=O) groups is 3. The molecule has 3 rings (SSSR count). The minimum Gasteiger partial charge on any atom is -0.494 e. The van der Waals surface area contributed by atoms with E-state index in [4.69, 9.17) is 14.2 Å². The molecule has 2 aromatic carbocycles. The standard InChI is InChI=1S/C28H36N2O6/c1-5-34-24-13-9-22(10-14-24)17-29(4)26(31)18-36-28(33)23-11-15-25(16-12-23)35-19-27(32)30-20(2)7-6-8-21(30)3/h9-16,20-21H,5-8,17-19H2,1-4H3. The van der Waals surface area contributed by atoms with Crippen LogP contribution in [0, 0.1) is 0 Å². The molecular formula is C28H36N2O6. The molecule has 1 aliphatic heterocycles. The Balaban J connectivity index is 1.43. The summed E-state index contributed by atoms with van der Waals surface area (Å²) < 4.78 is 16.3. The van der Waals surface area contributed by atoms with Crippen LogP contribution in [0.3, 0.4) is 0 Å². The number of hydrogen-bond donors (Lipinski definition) is 0. The van der Waals surface area contributed by atoms with E-state index in [1.165, 1.54) is 4.90 Å². The van der Waals surface area contributed by atoms with Gasteiger partial charge >= 0.3 is 5.97 Å². The Morgan fingerprint density at radius 3 is 2.08 bits per heavy atom. The van der Waals surface area contributed by atoms with Crippen molar-refractivity contribution in [3.8, 4) is 11.5 Å². The van der Waals surface area contributed by atoms with Gasteiger partial charge in [0.25, 0.3) is 11.8 Å². The lowest BCUT2D eigenvalue weighted by Gasteiger charge is -2.38. The van der Waals surface area contributed by atoms with E-state index in [0.717, 1.165) is 30.6 Å². The van der Waals surface area contributed by atoms with Crippen LogP contribution < -0.4 is 9.47 Å². The molecule has 0 spiro atoms. The fourth-order valence-electron chi connectivity index (χ4n) is 4.36. The van der Waals surface area contributed by atoms with Crippen molar-refractivity contribution in [2.75, 3.05) is 26.9 Å². The molecule has 1 heterocycles. The van der Waals surface area contributed by atoms with E-state index in [-0.39, 0.29) is 37.1 Å². The van der Waals surface area contributed by atoms with Gasteiger partial charge in [-0.3, -0.25) is 9.59 Å². The molecule has 2 unspecified atom stereocenters. The van der Waals surface area contributed by atoms with Crippen molar-refractivity contribution in [1.29, 1.82) is 0 Å². The number of carbonyl (C=O) groups excluding carboxylic acids is 3. The Labute approximate surface area is 213 Å². The fourth-order valence-corrected chi connectivity index (χ4v) is 4.36. The summed E-state index contributed by atoms with van der Waals surface area (Å²) in [6.45, 7) is 6.63. The number of benzene rings is 2. The van der Waals surface area contributed by atoms with Crippen molar-refractivity contribution in [3.05, 3.63) is 59.7 Å². The van der Waals surface area contributed by atoms with Crippen LogP contribution in [0.4, 0.5) is 0 Å². The zero-order valence-electron chi connectivity index (χ0n) is 21.6. The first-order valence-electron chi connectivity index (χ1n) is 12.4. The maximum atomic E-state index is 12.6. The Morgan fingerprint density at radius 1 is 0.889 bits per heavy atom. The number of amides is 2. The first kappa shape index (κ1) is 27.0. The normalized spacial score (nSPS) is 17.3. The molecule has 0 saturated carbocycles. The molecule has 1 saturated heterocycles. The highest BCUT2D eigenvalue weighted by molar-refractivity contribution is 5.91. The zero-order valence-corrected chi connectivity index (χ0v) is 21.6. The van der Waals surface area contributed by atoms with Crippen LogP contribution in [0.5, 0.6) is 11.5 Å². The highest BCUT2D eigenvalue weighted by atomic mass is 16.5. The van der Waals surface area contributed by atoms with Crippen molar-refractivity contribution >= 4 is 17.8 Å². The van der Waals surface area contributed by atoms with Crippen LogP contribution in [-0.2, 0) is 20.9 Å². The number of nitrogens with zero attached hydrogens (tertiary/aromatic N) is 2. The molecule has 2 aromatic rings. The second-order valence-electron chi connectivity index (χ2n) is 9.15. The van der Waals surface area contributed by atoms with Gasteiger partial charge in [-0.15, -0.1) is 0 Å². The number of rotatable bonds is 10. The number of piperidine rings is 1. The van der Waals surface area contributed by atoms with Crippen LogP contribution >= 0.6 is 0 Å². The van der Waals surface area contributed by atoms with E-state index in [9.17, 15) is 14.4 Å². The smallest absolute Gasteiger partial charge is 0.338 e. The number of esters is 1. The van der Waals surface area contributed by atoms with Gasteiger partial charge in [-0.05, 0) is 82.0 Å². The van der Waals surface area contributed by atoms with Gasteiger partial charge in [-0.1, -0.05) is 12.1 Å².